The molecule has 0 bridgehead atoms. The molecule has 0 heterocycles. The monoisotopic (exact) mass is 268 g/mol. The molecule has 0 aliphatic heterocycles. The van der Waals surface area contributed by atoms with Crippen LogP contribution in [0.2, 0.25) is 0 Å². The zero-order chi connectivity index (χ0) is 14.4. The molecular weight excluding hydrogens is 236 g/mol. The molecule has 1 aliphatic carbocycles. The normalized spacial score (nSPS) is 29.3. The molecule has 1 fully saturated rings. The molecule has 3 heteroatoms. The molecule has 1 aliphatic rings. The highest BCUT2D eigenvalue weighted by Gasteiger charge is 2.31. The average Bonchev–Trinajstić information content (AvgIpc) is 2.31. The smallest absolute Gasteiger partial charge is 0.224 e. The average molecular weight is 268 g/mol. The quantitative estimate of drug-likeness (QED) is 0.778. The Morgan fingerprint density at radius 3 is 2.58 bits per heavy atom. The van der Waals surface area contributed by atoms with Gasteiger partial charge in [-0.05, 0) is 44.4 Å². The van der Waals surface area contributed by atoms with E-state index < -0.39 is 0 Å². The van der Waals surface area contributed by atoms with Crippen LogP contribution in [-0.4, -0.2) is 18.0 Å². The van der Waals surface area contributed by atoms with Crippen molar-refractivity contribution in [3.63, 3.8) is 0 Å². The van der Waals surface area contributed by atoms with Crippen LogP contribution in [-0.2, 0) is 4.79 Å². The Morgan fingerprint density at radius 2 is 1.95 bits per heavy atom. The van der Waals surface area contributed by atoms with Crippen LogP contribution >= 0.6 is 0 Å². The molecule has 0 aromatic carbocycles. The fourth-order valence-corrected chi connectivity index (χ4v) is 2.96. The summed E-state index contributed by atoms with van der Waals surface area (Å²) >= 11 is 0. The van der Waals surface area contributed by atoms with Crippen molar-refractivity contribution in [3.05, 3.63) is 0 Å². The highest BCUT2D eigenvalue weighted by molar-refractivity contribution is 5.79. The maximum absolute atomic E-state index is 12.3. The van der Waals surface area contributed by atoms with Gasteiger partial charge in [0.1, 0.15) is 0 Å². The van der Waals surface area contributed by atoms with Gasteiger partial charge < -0.3 is 11.1 Å². The number of nitrogens with two attached hydrogens (primary N) is 1. The van der Waals surface area contributed by atoms with Gasteiger partial charge in [-0.2, -0.15) is 0 Å². The van der Waals surface area contributed by atoms with Crippen LogP contribution in [0.25, 0.3) is 0 Å². The van der Waals surface area contributed by atoms with Gasteiger partial charge in [-0.25, -0.2) is 0 Å². The van der Waals surface area contributed by atoms with Gasteiger partial charge in [0, 0.05) is 12.1 Å². The summed E-state index contributed by atoms with van der Waals surface area (Å²) in [5.74, 6) is 1.58. The lowest BCUT2D eigenvalue weighted by molar-refractivity contribution is -0.127. The minimum absolute atomic E-state index is 0.0244. The van der Waals surface area contributed by atoms with E-state index in [1.165, 1.54) is 12.8 Å². The number of amides is 1. The molecule has 0 aromatic rings. The van der Waals surface area contributed by atoms with Crippen LogP contribution in [0.15, 0.2) is 0 Å². The Hall–Kier alpha value is -0.570. The molecule has 4 atom stereocenters. The second kappa shape index (κ2) is 7.88. The van der Waals surface area contributed by atoms with E-state index in [9.17, 15) is 4.79 Å². The third-order valence-electron chi connectivity index (χ3n) is 4.31. The van der Waals surface area contributed by atoms with E-state index in [2.05, 4.69) is 33.0 Å². The molecule has 1 amide bonds. The summed E-state index contributed by atoms with van der Waals surface area (Å²) in [5.41, 5.74) is 6.10. The predicted molar refractivity (Wildman–Crippen MR) is 80.8 cm³/mol. The van der Waals surface area contributed by atoms with Crippen molar-refractivity contribution in [1.82, 2.24) is 5.32 Å². The van der Waals surface area contributed by atoms with Crippen LogP contribution in [0.1, 0.15) is 66.2 Å². The fourth-order valence-electron chi connectivity index (χ4n) is 2.96. The summed E-state index contributed by atoms with van der Waals surface area (Å²) in [5, 5.41) is 3.16. The summed E-state index contributed by atoms with van der Waals surface area (Å²) in [7, 11) is 0. The van der Waals surface area contributed by atoms with Crippen molar-refractivity contribution in [3.8, 4) is 0 Å². The molecule has 0 saturated heterocycles. The van der Waals surface area contributed by atoms with E-state index in [1.54, 1.807) is 0 Å². The van der Waals surface area contributed by atoms with Crippen LogP contribution in [0.4, 0.5) is 0 Å². The zero-order valence-electron chi connectivity index (χ0n) is 13.1. The van der Waals surface area contributed by atoms with Gasteiger partial charge in [0.15, 0.2) is 0 Å². The number of carbonyl (C=O) groups is 1. The van der Waals surface area contributed by atoms with Crippen molar-refractivity contribution in [2.45, 2.75) is 78.3 Å². The molecule has 0 radical (unpaired) electrons. The molecule has 0 spiro atoms. The first-order chi connectivity index (χ1) is 8.90. The first-order valence-corrected chi connectivity index (χ1v) is 7.96. The van der Waals surface area contributed by atoms with E-state index in [0.717, 1.165) is 31.6 Å². The zero-order valence-corrected chi connectivity index (χ0v) is 13.1. The van der Waals surface area contributed by atoms with Gasteiger partial charge in [-0.1, -0.05) is 33.6 Å². The molecule has 4 unspecified atom stereocenters. The van der Waals surface area contributed by atoms with E-state index in [-0.39, 0.29) is 23.9 Å². The summed E-state index contributed by atoms with van der Waals surface area (Å²) in [6.45, 7) is 8.81. The SMILES string of the molecule is CC(C)CCCC(C)NC(=O)C1CC(C)CCC1N. The Bertz CT molecular complexity index is 278. The molecule has 19 heavy (non-hydrogen) atoms. The first-order valence-electron chi connectivity index (χ1n) is 7.96. The maximum atomic E-state index is 12.3. The van der Waals surface area contributed by atoms with Crippen LogP contribution in [0.5, 0.6) is 0 Å². The van der Waals surface area contributed by atoms with Crippen molar-refractivity contribution in [1.29, 1.82) is 0 Å². The standard InChI is InChI=1S/C16H32N2O/c1-11(2)6-5-7-13(4)18-16(19)14-10-12(3)8-9-15(14)17/h11-15H,5-10,17H2,1-4H3,(H,18,19). The Labute approximate surface area is 118 Å². The molecule has 1 rings (SSSR count). The van der Waals surface area contributed by atoms with Crippen molar-refractivity contribution in [2.24, 2.45) is 23.5 Å². The lowest BCUT2D eigenvalue weighted by Crippen LogP contribution is -2.47. The van der Waals surface area contributed by atoms with Crippen molar-refractivity contribution in [2.75, 3.05) is 0 Å². The molecule has 112 valence electrons. The highest BCUT2D eigenvalue weighted by Crippen LogP contribution is 2.28. The van der Waals surface area contributed by atoms with Gasteiger partial charge >= 0.3 is 0 Å². The summed E-state index contributed by atoms with van der Waals surface area (Å²) < 4.78 is 0. The van der Waals surface area contributed by atoms with Gasteiger partial charge in [-0.3, -0.25) is 4.79 Å². The fraction of sp³-hybridized carbons (Fsp3) is 0.938. The molecule has 1 saturated carbocycles. The largest absolute Gasteiger partial charge is 0.353 e. The third-order valence-corrected chi connectivity index (χ3v) is 4.31. The van der Waals surface area contributed by atoms with Crippen LogP contribution in [0.3, 0.4) is 0 Å². The van der Waals surface area contributed by atoms with E-state index in [0.29, 0.717) is 5.92 Å². The molecule has 3 nitrogen and oxygen atoms in total. The predicted octanol–water partition coefficient (Wildman–Crippen LogP) is 3.08. The summed E-state index contributed by atoms with van der Waals surface area (Å²) in [6, 6.07) is 0.328. The Kier molecular flexibility index (Phi) is 6.84. The number of rotatable bonds is 6. The number of carbonyl (C=O) groups excluding carboxylic acids is 1. The number of nitrogens with one attached hydrogen (secondary N) is 1. The van der Waals surface area contributed by atoms with Gasteiger partial charge in [0.05, 0.1) is 5.92 Å². The van der Waals surface area contributed by atoms with Crippen LogP contribution < -0.4 is 11.1 Å². The highest BCUT2D eigenvalue weighted by atomic mass is 16.2. The van der Waals surface area contributed by atoms with E-state index >= 15 is 0 Å². The summed E-state index contributed by atoms with van der Waals surface area (Å²) in [6.07, 6.45) is 6.59. The van der Waals surface area contributed by atoms with Gasteiger partial charge in [-0.15, -0.1) is 0 Å². The topological polar surface area (TPSA) is 55.1 Å². The van der Waals surface area contributed by atoms with Crippen molar-refractivity contribution < 1.29 is 4.79 Å². The van der Waals surface area contributed by atoms with Crippen LogP contribution in [0, 0.1) is 17.8 Å². The molecule has 3 N–H and O–H groups in total. The minimum atomic E-state index is 0.0244. The minimum Gasteiger partial charge on any atom is -0.353 e. The first kappa shape index (κ1) is 16.5. The summed E-state index contributed by atoms with van der Waals surface area (Å²) in [4.78, 5) is 12.3. The molecule has 0 aromatic heterocycles. The number of hydrogen-bond acceptors (Lipinski definition) is 2. The third kappa shape index (κ3) is 5.94. The Balaban J connectivity index is 2.32. The second-order valence-corrected chi connectivity index (χ2v) is 6.92. The second-order valence-electron chi connectivity index (χ2n) is 6.92. The van der Waals surface area contributed by atoms with Crippen molar-refractivity contribution >= 4 is 5.91 Å². The number of hydrogen-bond donors (Lipinski definition) is 2. The maximum Gasteiger partial charge on any atom is 0.224 e. The Morgan fingerprint density at radius 1 is 1.26 bits per heavy atom. The van der Waals surface area contributed by atoms with Gasteiger partial charge in [0.25, 0.3) is 0 Å². The van der Waals surface area contributed by atoms with E-state index in [1.807, 2.05) is 0 Å². The molecular formula is C16H32N2O. The lowest BCUT2D eigenvalue weighted by Gasteiger charge is -2.32. The lowest BCUT2D eigenvalue weighted by atomic mass is 9.78. The van der Waals surface area contributed by atoms with E-state index in [4.69, 9.17) is 5.73 Å². The van der Waals surface area contributed by atoms with Gasteiger partial charge in [0.2, 0.25) is 5.91 Å².